The maximum atomic E-state index is 12.9. The van der Waals surface area contributed by atoms with Crippen LogP contribution < -0.4 is 0 Å². The molecule has 0 bridgehead atoms. The Morgan fingerprint density at radius 2 is 2.06 bits per heavy atom. The van der Waals surface area contributed by atoms with Gasteiger partial charge in [0.2, 0.25) is 10.0 Å². The summed E-state index contributed by atoms with van der Waals surface area (Å²) in [7, 11) is -1.91. The summed E-state index contributed by atoms with van der Waals surface area (Å²) in [5, 5.41) is 9.99. The minimum Gasteiger partial charge on any atom is -0.387 e. The van der Waals surface area contributed by atoms with Gasteiger partial charge in [-0.15, -0.1) is 0 Å². The van der Waals surface area contributed by atoms with E-state index in [9.17, 15) is 17.9 Å². The van der Waals surface area contributed by atoms with Crippen molar-refractivity contribution in [3.05, 3.63) is 35.1 Å². The number of aliphatic hydroxyl groups is 1. The molecule has 1 rings (SSSR count). The first-order valence-corrected chi connectivity index (χ1v) is 7.27. The van der Waals surface area contributed by atoms with Crippen molar-refractivity contribution < 1.29 is 17.9 Å². The van der Waals surface area contributed by atoms with Crippen molar-refractivity contribution in [3.8, 4) is 0 Å². The average molecular weight is 275 g/mol. The highest BCUT2D eigenvalue weighted by atomic mass is 32.2. The van der Waals surface area contributed by atoms with Gasteiger partial charge in [-0.1, -0.05) is 6.07 Å². The molecule has 1 N–H and O–H groups in total. The lowest BCUT2D eigenvalue weighted by Crippen LogP contribution is -2.32. The third kappa shape index (κ3) is 3.51. The van der Waals surface area contributed by atoms with Crippen LogP contribution in [0.15, 0.2) is 18.2 Å². The van der Waals surface area contributed by atoms with Crippen molar-refractivity contribution in [1.29, 1.82) is 0 Å². The fourth-order valence-electron chi connectivity index (χ4n) is 1.69. The molecule has 0 heterocycles. The van der Waals surface area contributed by atoms with Gasteiger partial charge >= 0.3 is 0 Å². The molecular formula is C12H18FNO3S. The maximum Gasteiger partial charge on any atom is 0.213 e. The Kier molecular flexibility index (Phi) is 4.84. The fraction of sp³-hybridized carbons (Fsp3) is 0.500. The SMILES string of the molecule is CCS(=O)(=O)N(C)CC(O)c1ccc(F)cc1C. The largest absolute Gasteiger partial charge is 0.387 e. The van der Waals surface area contributed by atoms with Gasteiger partial charge in [0.1, 0.15) is 5.82 Å². The first-order valence-electron chi connectivity index (χ1n) is 5.66. The molecule has 1 aromatic rings. The van der Waals surface area contributed by atoms with E-state index in [1.807, 2.05) is 0 Å². The molecular weight excluding hydrogens is 257 g/mol. The summed E-state index contributed by atoms with van der Waals surface area (Å²) < 4.78 is 37.2. The second-order valence-corrected chi connectivity index (χ2v) is 6.56. The Morgan fingerprint density at radius 1 is 1.44 bits per heavy atom. The minimum atomic E-state index is -3.32. The van der Waals surface area contributed by atoms with E-state index >= 15 is 0 Å². The van der Waals surface area contributed by atoms with E-state index in [1.54, 1.807) is 13.8 Å². The Hall–Kier alpha value is -0.980. The lowest BCUT2D eigenvalue weighted by molar-refractivity contribution is 0.154. The molecule has 6 heteroatoms. The summed E-state index contributed by atoms with van der Waals surface area (Å²) in [5.74, 6) is -0.392. The molecule has 102 valence electrons. The van der Waals surface area contributed by atoms with E-state index < -0.39 is 16.1 Å². The van der Waals surface area contributed by atoms with Gasteiger partial charge in [-0.3, -0.25) is 0 Å². The molecule has 0 saturated carbocycles. The number of sulfonamides is 1. The summed E-state index contributed by atoms with van der Waals surface area (Å²) in [6, 6.07) is 4.04. The number of rotatable bonds is 5. The lowest BCUT2D eigenvalue weighted by atomic mass is 10.0. The highest BCUT2D eigenvalue weighted by molar-refractivity contribution is 7.89. The van der Waals surface area contributed by atoms with Crippen molar-refractivity contribution in [1.82, 2.24) is 4.31 Å². The zero-order valence-corrected chi connectivity index (χ0v) is 11.5. The molecule has 0 amide bonds. The fourth-order valence-corrected chi connectivity index (χ4v) is 2.50. The van der Waals surface area contributed by atoms with E-state index in [-0.39, 0.29) is 18.1 Å². The molecule has 0 spiro atoms. The van der Waals surface area contributed by atoms with E-state index in [0.29, 0.717) is 11.1 Å². The average Bonchev–Trinajstić information content (AvgIpc) is 2.28. The molecule has 0 aliphatic carbocycles. The smallest absolute Gasteiger partial charge is 0.213 e. The first kappa shape index (κ1) is 15.1. The van der Waals surface area contributed by atoms with E-state index in [1.165, 1.54) is 25.2 Å². The summed E-state index contributed by atoms with van der Waals surface area (Å²) >= 11 is 0. The molecule has 18 heavy (non-hydrogen) atoms. The number of aliphatic hydroxyl groups excluding tert-OH is 1. The lowest BCUT2D eigenvalue weighted by Gasteiger charge is -2.21. The van der Waals surface area contributed by atoms with Gasteiger partial charge in [0.25, 0.3) is 0 Å². The Balaban J connectivity index is 2.86. The van der Waals surface area contributed by atoms with Crippen LogP contribution in [0.2, 0.25) is 0 Å². The van der Waals surface area contributed by atoms with Crippen LogP contribution in [0.1, 0.15) is 24.2 Å². The Labute approximate surface area is 107 Å². The van der Waals surface area contributed by atoms with Crippen molar-refractivity contribution >= 4 is 10.0 Å². The van der Waals surface area contributed by atoms with Gasteiger partial charge in [-0.05, 0) is 37.1 Å². The second-order valence-electron chi connectivity index (χ2n) is 4.20. The van der Waals surface area contributed by atoms with Crippen LogP contribution in [0.3, 0.4) is 0 Å². The number of hydrogen-bond acceptors (Lipinski definition) is 3. The summed E-state index contributed by atoms with van der Waals surface area (Å²) in [5.41, 5.74) is 1.14. The van der Waals surface area contributed by atoms with Crippen LogP contribution in [-0.4, -0.2) is 37.2 Å². The number of hydrogen-bond donors (Lipinski definition) is 1. The van der Waals surface area contributed by atoms with Crippen molar-refractivity contribution in [2.45, 2.75) is 20.0 Å². The topological polar surface area (TPSA) is 57.6 Å². The van der Waals surface area contributed by atoms with Crippen LogP contribution in [0, 0.1) is 12.7 Å². The number of aryl methyl sites for hydroxylation is 1. The number of benzene rings is 1. The second kappa shape index (κ2) is 5.77. The van der Waals surface area contributed by atoms with Crippen LogP contribution >= 0.6 is 0 Å². The van der Waals surface area contributed by atoms with Gasteiger partial charge in [0, 0.05) is 13.6 Å². The molecule has 0 aliphatic heterocycles. The van der Waals surface area contributed by atoms with Crippen molar-refractivity contribution in [2.24, 2.45) is 0 Å². The van der Waals surface area contributed by atoms with Gasteiger partial charge in [-0.2, -0.15) is 0 Å². The van der Waals surface area contributed by atoms with Crippen LogP contribution in [0.25, 0.3) is 0 Å². The zero-order chi connectivity index (χ0) is 13.9. The standard InChI is InChI=1S/C12H18FNO3S/c1-4-18(16,17)14(3)8-12(15)11-6-5-10(13)7-9(11)2/h5-7,12,15H,4,8H2,1-3H3. The third-order valence-corrected chi connectivity index (χ3v) is 4.69. The molecule has 0 aromatic heterocycles. The third-order valence-electron chi connectivity index (χ3n) is 2.86. The van der Waals surface area contributed by atoms with Crippen LogP contribution in [-0.2, 0) is 10.0 Å². The zero-order valence-electron chi connectivity index (χ0n) is 10.7. The van der Waals surface area contributed by atoms with Gasteiger partial charge in [0.05, 0.1) is 11.9 Å². The highest BCUT2D eigenvalue weighted by Gasteiger charge is 2.20. The first-order chi connectivity index (χ1) is 8.27. The number of halogens is 1. The minimum absolute atomic E-state index is 0.0153. The molecule has 0 aliphatic rings. The summed E-state index contributed by atoms with van der Waals surface area (Å²) in [4.78, 5) is 0. The normalized spacial score (nSPS) is 13.9. The summed E-state index contributed by atoms with van der Waals surface area (Å²) in [6.07, 6.45) is -0.961. The van der Waals surface area contributed by atoms with Crippen LogP contribution in [0.4, 0.5) is 4.39 Å². The van der Waals surface area contributed by atoms with Gasteiger partial charge in [-0.25, -0.2) is 17.1 Å². The molecule has 0 fully saturated rings. The van der Waals surface area contributed by atoms with E-state index in [4.69, 9.17) is 0 Å². The highest BCUT2D eigenvalue weighted by Crippen LogP contribution is 2.20. The molecule has 4 nitrogen and oxygen atoms in total. The molecule has 0 radical (unpaired) electrons. The van der Waals surface area contributed by atoms with Crippen molar-refractivity contribution in [2.75, 3.05) is 19.3 Å². The van der Waals surface area contributed by atoms with E-state index in [2.05, 4.69) is 0 Å². The van der Waals surface area contributed by atoms with E-state index in [0.717, 1.165) is 4.31 Å². The van der Waals surface area contributed by atoms with Crippen LogP contribution in [0.5, 0.6) is 0 Å². The molecule has 0 saturated heterocycles. The predicted octanol–water partition coefficient (Wildman–Crippen LogP) is 1.45. The number of likely N-dealkylation sites (N-methyl/N-ethyl adjacent to an activating group) is 1. The van der Waals surface area contributed by atoms with Gasteiger partial charge < -0.3 is 5.11 Å². The summed E-state index contributed by atoms with van der Waals surface area (Å²) in [6.45, 7) is 3.18. The monoisotopic (exact) mass is 275 g/mol. The maximum absolute atomic E-state index is 12.9. The van der Waals surface area contributed by atoms with Gasteiger partial charge in [0.15, 0.2) is 0 Å². The van der Waals surface area contributed by atoms with Crippen molar-refractivity contribution in [3.63, 3.8) is 0 Å². The Morgan fingerprint density at radius 3 is 2.56 bits per heavy atom. The Bertz CT molecular complexity index is 516. The molecule has 1 aromatic carbocycles. The predicted molar refractivity (Wildman–Crippen MR) is 68.2 cm³/mol. The molecule has 1 atom stereocenters. The quantitative estimate of drug-likeness (QED) is 0.885. The number of nitrogens with zero attached hydrogens (tertiary/aromatic N) is 1. The molecule has 1 unspecified atom stereocenters.